The quantitative estimate of drug-likeness (QED) is 0.136. The molecule has 0 unspecified atom stereocenters. The highest BCUT2D eigenvalue weighted by Crippen LogP contribution is 2.44. The summed E-state index contributed by atoms with van der Waals surface area (Å²) in [6.07, 6.45) is 6.59. The van der Waals surface area contributed by atoms with Gasteiger partial charge in [0.2, 0.25) is 11.8 Å². The van der Waals surface area contributed by atoms with Crippen LogP contribution in [0, 0.1) is 17.3 Å². The minimum absolute atomic E-state index is 0.0197. The summed E-state index contributed by atoms with van der Waals surface area (Å²) in [5, 5.41) is 5.89. The third-order valence-corrected chi connectivity index (χ3v) is 14.7. The maximum absolute atomic E-state index is 14.8. The van der Waals surface area contributed by atoms with Crippen LogP contribution in [0.25, 0.3) is 33.3 Å². The number of esters is 1. The van der Waals surface area contributed by atoms with Crippen molar-refractivity contribution in [1.82, 2.24) is 35.1 Å². The van der Waals surface area contributed by atoms with Gasteiger partial charge in [0.1, 0.15) is 12.1 Å². The number of fused-ring (bicyclic) bond motifs is 6. The molecule has 4 aliphatic heterocycles. The number of ether oxygens (including phenoxy) is 2. The van der Waals surface area contributed by atoms with Crippen molar-refractivity contribution in [3.05, 3.63) is 90.3 Å². The van der Waals surface area contributed by atoms with Crippen LogP contribution in [0.5, 0.6) is 0 Å². The lowest BCUT2D eigenvalue weighted by Crippen LogP contribution is -2.69. The monoisotopic (exact) mass is 886 g/mol. The van der Waals surface area contributed by atoms with E-state index in [0.717, 1.165) is 69.5 Å². The number of benzene rings is 2. The topological polar surface area (TPSA) is 138 Å². The second kappa shape index (κ2) is 18.5. The van der Waals surface area contributed by atoms with Gasteiger partial charge in [-0.25, -0.2) is 5.43 Å². The van der Waals surface area contributed by atoms with Crippen molar-refractivity contribution in [3.8, 4) is 22.4 Å². The van der Waals surface area contributed by atoms with Gasteiger partial charge in [-0.05, 0) is 112 Å². The number of rotatable bonds is 9. The highest BCUT2D eigenvalue weighted by molar-refractivity contribution is 5.95. The van der Waals surface area contributed by atoms with Gasteiger partial charge in [-0.1, -0.05) is 64.6 Å². The standard InChI is InChI=1S/C52H67N7O6/c1-10-44(60)57-29-52(30-57)22-21-43(56(52)8)45(32(3)4)48(61)54-41-26-34-15-12-16-35(25-34)36-19-20-42-38(27-36)39(47(58(42)11-2)37-17-13-23-53-46(37)33(5)64-9)28-51(6,7)31-65-50(63)40-18-14-24-59(55-40)49(41)62/h10,12-13,15-17,19-20,23,25,27,32-33,40-41,43,45,55H,1,11,14,18,21-22,24,26,28-31H2,2-9H3,(H,54,61)/t33-,40-,41-,43+,45+/m0/s1. The maximum Gasteiger partial charge on any atom is 0.324 e. The van der Waals surface area contributed by atoms with Crippen molar-refractivity contribution < 1.29 is 28.7 Å². The average Bonchev–Trinajstić information content (AvgIpc) is 3.79. The van der Waals surface area contributed by atoms with Gasteiger partial charge in [0.05, 0.1) is 35.6 Å². The number of carbonyl (C=O) groups excluding carboxylic acids is 4. The molecule has 13 heteroatoms. The third-order valence-electron chi connectivity index (χ3n) is 14.7. The van der Waals surface area contributed by atoms with Gasteiger partial charge in [0, 0.05) is 73.8 Å². The van der Waals surface area contributed by atoms with Crippen LogP contribution in [0.1, 0.15) is 90.2 Å². The molecule has 346 valence electrons. The number of hydrogen-bond donors (Lipinski definition) is 2. The normalized spacial score (nSPS) is 23.2. The van der Waals surface area contributed by atoms with Crippen LogP contribution in [-0.2, 0) is 48.0 Å². The van der Waals surface area contributed by atoms with Crippen LogP contribution < -0.4 is 10.7 Å². The summed E-state index contributed by atoms with van der Waals surface area (Å²) in [6, 6.07) is 17.3. The highest BCUT2D eigenvalue weighted by Gasteiger charge is 2.55. The van der Waals surface area contributed by atoms with E-state index >= 15 is 0 Å². The molecule has 3 saturated heterocycles. The first kappa shape index (κ1) is 46.2. The summed E-state index contributed by atoms with van der Waals surface area (Å²) in [5.41, 5.74) is 10.7. The Bertz CT molecular complexity index is 2470. The van der Waals surface area contributed by atoms with Crippen molar-refractivity contribution in [2.24, 2.45) is 17.3 Å². The first-order valence-electron chi connectivity index (χ1n) is 23.5. The average molecular weight is 886 g/mol. The number of carbonyl (C=O) groups is 4. The Hall–Kier alpha value is -5.37. The number of nitrogens with one attached hydrogen (secondary N) is 2. The van der Waals surface area contributed by atoms with E-state index in [4.69, 9.17) is 14.5 Å². The summed E-state index contributed by atoms with van der Waals surface area (Å²) < 4.78 is 14.4. The number of hydrogen-bond acceptors (Lipinski definition) is 9. The van der Waals surface area contributed by atoms with Gasteiger partial charge >= 0.3 is 5.97 Å². The number of pyridine rings is 1. The fourth-order valence-corrected chi connectivity index (χ4v) is 11.1. The lowest BCUT2D eigenvalue weighted by Gasteiger charge is -2.53. The molecule has 5 atom stereocenters. The van der Waals surface area contributed by atoms with Crippen molar-refractivity contribution in [3.63, 3.8) is 0 Å². The van der Waals surface area contributed by atoms with Crippen LogP contribution in [0.3, 0.4) is 0 Å². The number of likely N-dealkylation sites (N-methyl/N-ethyl adjacent to an activating group) is 1. The largest absolute Gasteiger partial charge is 0.464 e. The zero-order valence-electron chi connectivity index (χ0n) is 39.5. The van der Waals surface area contributed by atoms with E-state index in [1.807, 2.05) is 31.3 Å². The van der Waals surface area contributed by atoms with Crippen molar-refractivity contribution in [2.45, 2.75) is 116 Å². The van der Waals surface area contributed by atoms with Crippen LogP contribution in [-0.4, -0.2) is 112 Å². The number of aryl methyl sites for hydroxylation is 1. The van der Waals surface area contributed by atoms with Gasteiger partial charge in [-0.3, -0.25) is 34.1 Å². The Morgan fingerprint density at radius 2 is 1.83 bits per heavy atom. The number of likely N-dealkylation sites (tertiary alicyclic amines) is 2. The molecule has 2 N–H and O–H groups in total. The predicted octanol–water partition coefficient (Wildman–Crippen LogP) is 6.88. The van der Waals surface area contributed by atoms with E-state index < -0.39 is 29.4 Å². The van der Waals surface area contributed by atoms with Crippen LogP contribution in [0.2, 0.25) is 0 Å². The minimum atomic E-state index is -0.914. The van der Waals surface area contributed by atoms with E-state index in [1.54, 1.807) is 12.0 Å². The summed E-state index contributed by atoms with van der Waals surface area (Å²) >= 11 is 0. The molecule has 0 saturated carbocycles. The van der Waals surface area contributed by atoms with E-state index in [9.17, 15) is 19.2 Å². The number of methoxy groups -OCH3 is 1. The second-order valence-electron chi connectivity index (χ2n) is 20.0. The fourth-order valence-electron chi connectivity index (χ4n) is 11.1. The highest BCUT2D eigenvalue weighted by atomic mass is 16.5. The molecule has 8 rings (SSSR count). The predicted molar refractivity (Wildman–Crippen MR) is 252 cm³/mol. The summed E-state index contributed by atoms with van der Waals surface area (Å²) in [7, 11) is 3.77. The molecule has 3 fully saturated rings. The molecule has 4 aliphatic rings. The molecule has 0 radical (unpaired) electrons. The minimum Gasteiger partial charge on any atom is -0.464 e. The third kappa shape index (κ3) is 8.87. The lowest BCUT2D eigenvalue weighted by molar-refractivity contribution is -0.155. The Kier molecular flexibility index (Phi) is 13.1. The number of aromatic nitrogens is 2. The summed E-state index contributed by atoms with van der Waals surface area (Å²) in [6.45, 7) is 18.7. The molecule has 1 spiro atoms. The van der Waals surface area contributed by atoms with Crippen LogP contribution in [0.15, 0.2) is 73.4 Å². The van der Waals surface area contributed by atoms with E-state index in [0.29, 0.717) is 38.9 Å². The van der Waals surface area contributed by atoms with Gasteiger partial charge in [-0.2, -0.15) is 0 Å². The molecule has 13 nitrogen and oxygen atoms in total. The van der Waals surface area contributed by atoms with Crippen molar-refractivity contribution >= 4 is 34.6 Å². The Morgan fingerprint density at radius 1 is 1.06 bits per heavy atom. The van der Waals surface area contributed by atoms with E-state index in [-0.39, 0.29) is 54.4 Å². The van der Waals surface area contributed by atoms with Crippen molar-refractivity contribution in [2.75, 3.05) is 40.4 Å². The molecular weight excluding hydrogens is 819 g/mol. The smallest absolute Gasteiger partial charge is 0.324 e. The molecular formula is C52H67N7O6. The van der Waals surface area contributed by atoms with Crippen molar-refractivity contribution in [1.29, 1.82) is 0 Å². The number of hydrazine groups is 1. The second-order valence-corrected chi connectivity index (χ2v) is 20.0. The Morgan fingerprint density at radius 3 is 2.55 bits per heavy atom. The van der Waals surface area contributed by atoms with Gasteiger partial charge in [0.25, 0.3) is 5.91 Å². The molecule has 4 aromatic rings. The molecule has 65 heavy (non-hydrogen) atoms. The lowest BCUT2D eigenvalue weighted by atomic mass is 9.84. The first-order valence-corrected chi connectivity index (χ1v) is 23.5. The number of nitrogens with zero attached hydrogens (tertiary/aromatic N) is 5. The van der Waals surface area contributed by atoms with Gasteiger partial charge in [0.15, 0.2) is 0 Å². The molecule has 6 bridgehead atoms. The summed E-state index contributed by atoms with van der Waals surface area (Å²) in [5.74, 6) is -1.38. The number of cyclic esters (lactones) is 1. The zero-order chi connectivity index (χ0) is 46.4. The Balaban J connectivity index is 1.18. The Labute approximate surface area is 383 Å². The van der Waals surface area contributed by atoms with Crippen LogP contribution >= 0.6 is 0 Å². The van der Waals surface area contributed by atoms with E-state index in [1.165, 1.54) is 11.1 Å². The first-order chi connectivity index (χ1) is 31.1. The van der Waals surface area contributed by atoms with Crippen LogP contribution in [0.4, 0.5) is 0 Å². The zero-order valence-corrected chi connectivity index (χ0v) is 39.5. The fraction of sp³-hybridized carbons (Fsp3) is 0.519. The van der Waals surface area contributed by atoms with E-state index in [2.05, 4.69) is 105 Å². The summed E-state index contributed by atoms with van der Waals surface area (Å²) in [4.78, 5) is 64.8. The molecule has 2 aromatic carbocycles. The molecule has 6 heterocycles. The number of amides is 3. The molecule has 3 amide bonds. The molecule has 2 aromatic heterocycles. The molecule has 0 aliphatic carbocycles. The maximum atomic E-state index is 14.8. The van der Waals surface area contributed by atoms with Gasteiger partial charge < -0.3 is 24.3 Å². The van der Waals surface area contributed by atoms with Gasteiger partial charge in [-0.15, -0.1) is 0 Å². The SMILES string of the molecule is C=CC(=O)N1CC2(CC[C@H]([C@H](C(=O)N[C@H]3Cc4cccc(c4)-c4ccc5c(c4)c(c(-c4cccnc4[C@H](C)OC)n5CC)CC(C)(C)COC(=O)[C@@H]4CCCN(N4)C3=O)C(C)C)N2C)C1.